The smallest absolute Gasteiger partial charge is 0.348 e. The summed E-state index contributed by atoms with van der Waals surface area (Å²) in [5.41, 5.74) is 3.35. The topological polar surface area (TPSA) is 67.2 Å². The standard InChI is InChI=1S/C22H20N4O2S/c1-4-28-22(27)20-13-15-19(26(2)3)10-9-18(21(15)29-20)25-24-17-11-12-23-16-8-6-5-7-14(16)17/h5-13H,4H2,1-3H3/b25-24+. The Balaban J connectivity index is 1.82. The van der Waals surface area contributed by atoms with E-state index in [1.54, 1.807) is 13.1 Å². The number of esters is 1. The van der Waals surface area contributed by atoms with Crippen LogP contribution in [0.2, 0.25) is 0 Å². The van der Waals surface area contributed by atoms with Gasteiger partial charge in [-0.2, -0.15) is 0 Å². The van der Waals surface area contributed by atoms with E-state index in [1.165, 1.54) is 11.3 Å². The summed E-state index contributed by atoms with van der Waals surface area (Å²) in [7, 11) is 3.95. The van der Waals surface area contributed by atoms with Crippen LogP contribution in [0, 0.1) is 0 Å². The molecule has 0 fully saturated rings. The number of benzene rings is 2. The Morgan fingerprint density at radius 1 is 1.07 bits per heavy atom. The van der Waals surface area contributed by atoms with Crippen molar-refractivity contribution in [2.24, 2.45) is 10.2 Å². The zero-order chi connectivity index (χ0) is 20.4. The third kappa shape index (κ3) is 3.69. The molecule has 0 bridgehead atoms. The molecule has 29 heavy (non-hydrogen) atoms. The number of para-hydroxylation sites is 1. The van der Waals surface area contributed by atoms with Crippen molar-refractivity contribution < 1.29 is 9.53 Å². The highest BCUT2D eigenvalue weighted by atomic mass is 32.1. The van der Waals surface area contributed by atoms with Crippen molar-refractivity contribution in [2.75, 3.05) is 25.6 Å². The summed E-state index contributed by atoms with van der Waals surface area (Å²) in [6, 6.07) is 15.5. The normalized spacial score (nSPS) is 11.4. The van der Waals surface area contributed by atoms with E-state index in [1.807, 2.05) is 67.5 Å². The predicted octanol–water partition coefficient (Wildman–Crippen LogP) is 6.11. The summed E-state index contributed by atoms with van der Waals surface area (Å²) in [5.74, 6) is -0.318. The average Bonchev–Trinajstić information content (AvgIpc) is 3.17. The van der Waals surface area contributed by atoms with Crippen molar-refractivity contribution in [1.82, 2.24) is 4.98 Å². The maximum atomic E-state index is 12.2. The molecular weight excluding hydrogens is 384 g/mol. The van der Waals surface area contributed by atoms with Gasteiger partial charge in [-0.15, -0.1) is 21.6 Å². The van der Waals surface area contributed by atoms with Gasteiger partial charge in [0.1, 0.15) is 10.6 Å². The van der Waals surface area contributed by atoms with E-state index >= 15 is 0 Å². The summed E-state index contributed by atoms with van der Waals surface area (Å²) in [5, 5.41) is 10.9. The van der Waals surface area contributed by atoms with Crippen LogP contribution in [0.5, 0.6) is 0 Å². The number of azo groups is 1. The molecule has 4 aromatic rings. The lowest BCUT2D eigenvalue weighted by Gasteiger charge is -2.14. The minimum absolute atomic E-state index is 0.318. The van der Waals surface area contributed by atoms with Gasteiger partial charge in [0.2, 0.25) is 0 Å². The van der Waals surface area contributed by atoms with E-state index in [0.29, 0.717) is 17.2 Å². The number of aromatic nitrogens is 1. The molecule has 0 unspecified atom stereocenters. The highest BCUT2D eigenvalue weighted by Gasteiger charge is 2.17. The molecular formula is C22H20N4O2S. The molecule has 0 saturated carbocycles. The summed E-state index contributed by atoms with van der Waals surface area (Å²) in [4.78, 5) is 19.2. The first-order valence-electron chi connectivity index (χ1n) is 9.25. The number of pyridine rings is 1. The van der Waals surface area contributed by atoms with Gasteiger partial charge in [-0.1, -0.05) is 18.2 Å². The number of ether oxygens (including phenoxy) is 1. The molecule has 0 spiro atoms. The van der Waals surface area contributed by atoms with Crippen molar-refractivity contribution in [1.29, 1.82) is 0 Å². The van der Waals surface area contributed by atoms with Gasteiger partial charge in [0.15, 0.2) is 0 Å². The molecule has 6 nitrogen and oxygen atoms in total. The molecule has 2 heterocycles. The Morgan fingerprint density at radius 2 is 1.86 bits per heavy atom. The van der Waals surface area contributed by atoms with Gasteiger partial charge in [-0.05, 0) is 37.3 Å². The molecule has 0 aliphatic rings. The number of fused-ring (bicyclic) bond motifs is 2. The van der Waals surface area contributed by atoms with Gasteiger partial charge >= 0.3 is 5.97 Å². The maximum Gasteiger partial charge on any atom is 0.348 e. The van der Waals surface area contributed by atoms with E-state index in [4.69, 9.17) is 4.74 Å². The van der Waals surface area contributed by atoms with Crippen molar-refractivity contribution in [3.05, 3.63) is 59.6 Å². The fourth-order valence-electron chi connectivity index (χ4n) is 3.14. The van der Waals surface area contributed by atoms with Gasteiger partial charge in [-0.3, -0.25) is 4.98 Å². The van der Waals surface area contributed by atoms with Crippen LogP contribution in [0.1, 0.15) is 16.6 Å². The Bertz CT molecular complexity index is 1220. The molecule has 2 aromatic heterocycles. The van der Waals surface area contributed by atoms with Crippen LogP contribution in [0.25, 0.3) is 21.0 Å². The first-order chi connectivity index (χ1) is 14.1. The molecule has 0 atom stereocenters. The molecule has 2 aromatic carbocycles. The van der Waals surface area contributed by atoms with Gasteiger partial charge < -0.3 is 9.64 Å². The van der Waals surface area contributed by atoms with Gasteiger partial charge in [-0.25, -0.2) is 4.79 Å². The third-order valence-electron chi connectivity index (χ3n) is 4.49. The van der Waals surface area contributed by atoms with Gasteiger partial charge in [0.25, 0.3) is 0 Å². The Kier molecular flexibility index (Phi) is 5.22. The Hall–Kier alpha value is -3.32. The summed E-state index contributed by atoms with van der Waals surface area (Å²) in [6.07, 6.45) is 1.73. The quantitative estimate of drug-likeness (QED) is 0.297. The van der Waals surface area contributed by atoms with Gasteiger partial charge in [0.05, 0.1) is 22.5 Å². The van der Waals surface area contributed by atoms with Crippen LogP contribution in [-0.2, 0) is 4.74 Å². The third-order valence-corrected chi connectivity index (χ3v) is 5.63. The first-order valence-corrected chi connectivity index (χ1v) is 10.1. The summed E-state index contributed by atoms with van der Waals surface area (Å²) in [6.45, 7) is 2.14. The number of hydrogen-bond donors (Lipinski definition) is 0. The van der Waals surface area contributed by atoms with E-state index in [2.05, 4.69) is 15.2 Å². The van der Waals surface area contributed by atoms with Crippen molar-refractivity contribution >= 4 is 55.4 Å². The number of rotatable bonds is 5. The Morgan fingerprint density at radius 3 is 2.66 bits per heavy atom. The zero-order valence-corrected chi connectivity index (χ0v) is 17.2. The van der Waals surface area contributed by atoms with Crippen LogP contribution in [-0.4, -0.2) is 31.7 Å². The molecule has 0 aliphatic carbocycles. The van der Waals surface area contributed by atoms with Crippen molar-refractivity contribution in [3.63, 3.8) is 0 Å². The summed E-state index contributed by atoms with van der Waals surface area (Å²) < 4.78 is 6.08. The SMILES string of the molecule is CCOC(=O)c1cc2c(N(C)C)ccc(/N=N/c3ccnc4ccccc34)c2s1. The minimum atomic E-state index is -0.318. The highest BCUT2D eigenvalue weighted by molar-refractivity contribution is 7.21. The number of carbonyl (C=O) groups excluding carboxylic acids is 1. The Labute approximate surface area is 172 Å². The van der Waals surface area contributed by atoms with Crippen LogP contribution in [0.4, 0.5) is 17.1 Å². The lowest BCUT2D eigenvalue weighted by molar-refractivity contribution is 0.0532. The van der Waals surface area contributed by atoms with E-state index in [0.717, 1.165) is 32.4 Å². The second-order valence-corrected chi connectivity index (χ2v) is 7.67. The average molecular weight is 404 g/mol. The first kappa shape index (κ1) is 19.0. The molecule has 0 amide bonds. The van der Waals surface area contributed by atoms with E-state index < -0.39 is 0 Å². The molecule has 146 valence electrons. The molecule has 0 aliphatic heterocycles. The zero-order valence-electron chi connectivity index (χ0n) is 16.4. The second-order valence-electron chi connectivity index (χ2n) is 6.62. The molecule has 7 heteroatoms. The number of nitrogens with zero attached hydrogens (tertiary/aromatic N) is 4. The highest BCUT2D eigenvalue weighted by Crippen LogP contribution is 2.40. The molecule has 0 radical (unpaired) electrons. The lowest BCUT2D eigenvalue weighted by Crippen LogP contribution is -2.08. The predicted molar refractivity (Wildman–Crippen MR) is 118 cm³/mol. The van der Waals surface area contributed by atoms with Crippen molar-refractivity contribution in [2.45, 2.75) is 6.92 Å². The monoisotopic (exact) mass is 404 g/mol. The minimum Gasteiger partial charge on any atom is -0.462 e. The van der Waals surface area contributed by atoms with E-state index in [-0.39, 0.29) is 5.97 Å². The fraction of sp³-hybridized carbons (Fsp3) is 0.182. The van der Waals surface area contributed by atoms with Gasteiger partial charge in [0, 0.05) is 36.8 Å². The van der Waals surface area contributed by atoms with E-state index in [9.17, 15) is 4.79 Å². The van der Waals surface area contributed by atoms with Crippen LogP contribution >= 0.6 is 11.3 Å². The number of carbonyl (C=O) groups is 1. The second kappa shape index (κ2) is 7.97. The van der Waals surface area contributed by atoms with Crippen molar-refractivity contribution in [3.8, 4) is 0 Å². The number of hydrogen-bond acceptors (Lipinski definition) is 7. The molecule has 0 N–H and O–H groups in total. The van der Waals surface area contributed by atoms with Crippen LogP contribution in [0.15, 0.2) is 65.0 Å². The van der Waals surface area contributed by atoms with Crippen LogP contribution in [0.3, 0.4) is 0 Å². The largest absolute Gasteiger partial charge is 0.462 e. The fourth-order valence-corrected chi connectivity index (χ4v) is 4.17. The van der Waals surface area contributed by atoms with Crippen LogP contribution < -0.4 is 4.90 Å². The molecule has 0 saturated heterocycles. The molecule has 4 rings (SSSR count). The lowest BCUT2D eigenvalue weighted by atomic mass is 10.2. The number of thiophene rings is 1. The summed E-state index contributed by atoms with van der Waals surface area (Å²) >= 11 is 1.37. The number of anilines is 1. The maximum absolute atomic E-state index is 12.2.